The molecule has 0 amide bonds. The second kappa shape index (κ2) is 12.5. The molecule has 2 unspecified atom stereocenters. The maximum atomic E-state index is 5.43. The van der Waals surface area contributed by atoms with Crippen LogP contribution in [0.25, 0.3) is 0 Å². The summed E-state index contributed by atoms with van der Waals surface area (Å²) in [7, 11) is 7.76. The van der Waals surface area contributed by atoms with E-state index in [1.807, 2.05) is 6.07 Å². The highest BCUT2D eigenvalue weighted by atomic mass is 127. The van der Waals surface area contributed by atoms with Crippen molar-refractivity contribution >= 4 is 35.6 Å². The van der Waals surface area contributed by atoms with E-state index in [0.29, 0.717) is 12.1 Å². The van der Waals surface area contributed by atoms with E-state index in [0.717, 1.165) is 75.4 Å². The van der Waals surface area contributed by atoms with Crippen molar-refractivity contribution in [2.45, 2.75) is 25.4 Å². The van der Waals surface area contributed by atoms with E-state index in [4.69, 9.17) is 14.5 Å². The molecule has 0 spiro atoms. The summed E-state index contributed by atoms with van der Waals surface area (Å²) < 4.78 is 10.9. The van der Waals surface area contributed by atoms with Gasteiger partial charge in [-0.3, -0.25) is 9.89 Å². The van der Waals surface area contributed by atoms with E-state index in [1.165, 1.54) is 0 Å². The van der Waals surface area contributed by atoms with Gasteiger partial charge in [-0.05, 0) is 27.4 Å². The minimum Gasteiger partial charge on any atom is -0.497 e. The lowest BCUT2D eigenvalue weighted by atomic mass is 10.2. The molecule has 2 heterocycles. The third-order valence-electron chi connectivity index (χ3n) is 6.02. The van der Waals surface area contributed by atoms with E-state index >= 15 is 0 Å². The lowest BCUT2D eigenvalue weighted by Gasteiger charge is -2.37. The van der Waals surface area contributed by atoms with Gasteiger partial charge in [-0.25, -0.2) is 0 Å². The average molecular weight is 546 g/mol. The molecule has 2 aliphatic heterocycles. The number of methoxy groups -OCH3 is 2. The number of ether oxygens (including phenoxy) is 2. The van der Waals surface area contributed by atoms with Crippen LogP contribution in [0.4, 0.5) is 5.69 Å². The van der Waals surface area contributed by atoms with Crippen LogP contribution in [0.2, 0.25) is 0 Å². The number of anilines is 1. The Morgan fingerprint density at radius 1 is 1.06 bits per heavy atom. The molecule has 0 aromatic heterocycles. The fourth-order valence-corrected chi connectivity index (χ4v) is 4.10. The molecular weight excluding hydrogens is 507 g/mol. The van der Waals surface area contributed by atoms with Gasteiger partial charge in [0.1, 0.15) is 11.5 Å². The van der Waals surface area contributed by atoms with Gasteiger partial charge in [-0.15, -0.1) is 24.0 Å². The van der Waals surface area contributed by atoms with Gasteiger partial charge in [0.05, 0.1) is 20.8 Å². The quantitative estimate of drug-likeness (QED) is 0.307. The van der Waals surface area contributed by atoms with Crippen molar-refractivity contribution in [1.82, 2.24) is 20.4 Å². The fraction of sp³-hybridized carbons (Fsp3) is 0.682. The summed E-state index contributed by atoms with van der Waals surface area (Å²) in [5, 5.41) is 7.06. The van der Waals surface area contributed by atoms with E-state index in [-0.39, 0.29) is 24.0 Å². The molecule has 2 aliphatic rings. The fourth-order valence-electron chi connectivity index (χ4n) is 4.10. The van der Waals surface area contributed by atoms with E-state index < -0.39 is 0 Å². The summed E-state index contributed by atoms with van der Waals surface area (Å²) in [6, 6.07) is 6.86. The molecule has 31 heavy (non-hydrogen) atoms. The Morgan fingerprint density at radius 3 is 2.42 bits per heavy atom. The number of rotatable bonds is 7. The van der Waals surface area contributed by atoms with Gasteiger partial charge in [-0.1, -0.05) is 0 Å². The number of hydrogen-bond acceptors (Lipinski definition) is 6. The second-order valence-corrected chi connectivity index (χ2v) is 8.26. The van der Waals surface area contributed by atoms with Crippen molar-refractivity contribution < 1.29 is 9.47 Å². The lowest BCUT2D eigenvalue weighted by molar-refractivity contribution is 0.119. The first-order chi connectivity index (χ1) is 14.5. The molecule has 9 heteroatoms. The van der Waals surface area contributed by atoms with Gasteiger partial charge < -0.3 is 29.9 Å². The topological polar surface area (TPSA) is 64.6 Å². The number of piperazine rings is 1. The largest absolute Gasteiger partial charge is 0.497 e. The highest BCUT2D eigenvalue weighted by molar-refractivity contribution is 14.0. The maximum absolute atomic E-state index is 5.43. The van der Waals surface area contributed by atoms with Gasteiger partial charge in [0.25, 0.3) is 0 Å². The molecular formula is C22H39IN6O2. The third-order valence-corrected chi connectivity index (χ3v) is 6.02. The van der Waals surface area contributed by atoms with Crippen LogP contribution in [0.1, 0.15) is 13.3 Å². The molecule has 0 saturated carbocycles. The van der Waals surface area contributed by atoms with E-state index in [9.17, 15) is 0 Å². The van der Waals surface area contributed by atoms with Gasteiger partial charge in [-0.2, -0.15) is 0 Å². The molecule has 1 aromatic rings. The zero-order chi connectivity index (χ0) is 21.5. The Morgan fingerprint density at radius 2 is 1.77 bits per heavy atom. The van der Waals surface area contributed by atoms with Crippen molar-refractivity contribution in [1.29, 1.82) is 0 Å². The summed E-state index contributed by atoms with van der Waals surface area (Å²) >= 11 is 0. The van der Waals surface area contributed by atoms with Crippen molar-refractivity contribution in [3.8, 4) is 11.5 Å². The smallest absolute Gasteiger partial charge is 0.191 e. The van der Waals surface area contributed by atoms with Crippen LogP contribution < -0.4 is 25.0 Å². The Balaban J connectivity index is 0.00000341. The van der Waals surface area contributed by atoms with Crippen LogP contribution in [-0.4, -0.2) is 102 Å². The van der Waals surface area contributed by atoms with Crippen LogP contribution in [0, 0.1) is 0 Å². The average Bonchev–Trinajstić information content (AvgIpc) is 3.22. The number of hydrogen-bond donors (Lipinski definition) is 2. The molecule has 2 fully saturated rings. The van der Waals surface area contributed by atoms with E-state index in [2.05, 4.69) is 58.5 Å². The Hall–Kier alpha value is -1.46. The predicted molar refractivity (Wildman–Crippen MR) is 139 cm³/mol. The second-order valence-electron chi connectivity index (χ2n) is 8.26. The number of likely N-dealkylation sites (N-methyl/N-ethyl adjacent to an activating group) is 2. The first kappa shape index (κ1) is 25.8. The van der Waals surface area contributed by atoms with Gasteiger partial charge in [0, 0.05) is 75.2 Å². The summed E-state index contributed by atoms with van der Waals surface area (Å²) in [5.74, 6) is 2.55. The standard InChI is InChI=1S/C22H38N6O2.HI/c1-6-23-22(24-14-19-16-26(2)9-10-27(19)3)25-17-7-8-28(15-17)18-11-20(29-4)13-21(12-18)30-5;/h11-13,17,19H,6-10,14-16H2,1-5H3,(H2,23,24,25);1H. The lowest BCUT2D eigenvalue weighted by Crippen LogP contribution is -2.52. The number of nitrogens with zero attached hydrogens (tertiary/aromatic N) is 4. The predicted octanol–water partition coefficient (Wildman–Crippen LogP) is 1.70. The highest BCUT2D eigenvalue weighted by Crippen LogP contribution is 2.30. The zero-order valence-electron chi connectivity index (χ0n) is 19.6. The maximum Gasteiger partial charge on any atom is 0.191 e. The van der Waals surface area contributed by atoms with Crippen molar-refractivity contribution in [2.24, 2.45) is 4.99 Å². The van der Waals surface area contributed by atoms with Crippen molar-refractivity contribution in [3.05, 3.63) is 18.2 Å². The first-order valence-electron chi connectivity index (χ1n) is 10.9. The van der Waals surface area contributed by atoms with Gasteiger partial charge in [0.15, 0.2) is 5.96 Å². The summed E-state index contributed by atoms with van der Waals surface area (Å²) in [6.07, 6.45) is 1.07. The summed E-state index contributed by atoms with van der Waals surface area (Å²) in [6.45, 7) is 8.98. The molecule has 176 valence electrons. The summed E-state index contributed by atoms with van der Waals surface area (Å²) in [5.41, 5.74) is 1.13. The van der Waals surface area contributed by atoms with Crippen LogP contribution in [0.5, 0.6) is 11.5 Å². The summed E-state index contributed by atoms with van der Waals surface area (Å²) in [4.78, 5) is 12.1. The molecule has 0 aliphatic carbocycles. The molecule has 2 saturated heterocycles. The normalized spacial score (nSPS) is 22.7. The van der Waals surface area contributed by atoms with Crippen molar-refractivity contribution in [3.63, 3.8) is 0 Å². The number of benzene rings is 1. The monoisotopic (exact) mass is 546 g/mol. The Bertz CT molecular complexity index is 697. The van der Waals surface area contributed by atoms with Gasteiger partial charge >= 0.3 is 0 Å². The number of aliphatic imine (C=N–C) groups is 1. The number of halogens is 1. The Kier molecular flexibility index (Phi) is 10.4. The van der Waals surface area contributed by atoms with Crippen LogP contribution in [0.15, 0.2) is 23.2 Å². The molecule has 3 rings (SSSR count). The minimum absolute atomic E-state index is 0. The molecule has 2 atom stereocenters. The number of guanidine groups is 1. The number of nitrogens with one attached hydrogen (secondary N) is 2. The third kappa shape index (κ3) is 7.28. The van der Waals surface area contributed by atoms with Gasteiger partial charge in [0.2, 0.25) is 0 Å². The van der Waals surface area contributed by atoms with Crippen LogP contribution in [-0.2, 0) is 0 Å². The molecule has 2 N–H and O–H groups in total. The van der Waals surface area contributed by atoms with Crippen molar-refractivity contribution in [2.75, 3.05) is 79.0 Å². The molecule has 8 nitrogen and oxygen atoms in total. The molecule has 1 aromatic carbocycles. The molecule has 0 bridgehead atoms. The minimum atomic E-state index is 0. The SMILES string of the molecule is CCNC(=NCC1CN(C)CCN1C)NC1CCN(c2cc(OC)cc(OC)c2)C1.I. The first-order valence-corrected chi connectivity index (χ1v) is 10.9. The Labute approximate surface area is 204 Å². The van der Waals surface area contributed by atoms with E-state index in [1.54, 1.807) is 14.2 Å². The van der Waals surface area contributed by atoms with Crippen LogP contribution >= 0.6 is 24.0 Å². The highest BCUT2D eigenvalue weighted by Gasteiger charge is 2.25. The molecule has 0 radical (unpaired) electrons. The zero-order valence-corrected chi connectivity index (χ0v) is 21.9. The van der Waals surface area contributed by atoms with Crippen LogP contribution in [0.3, 0.4) is 0 Å².